The zero-order valence-electron chi connectivity index (χ0n) is 13.2. The highest BCUT2D eigenvalue weighted by Crippen LogP contribution is 2.27. The summed E-state index contributed by atoms with van der Waals surface area (Å²) in [6.07, 6.45) is 1.05. The van der Waals surface area contributed by atoms with Gasteiger partial charge in [-0.2, -0.15) is 0 Å². The Kier molecular flexibility index (Phi) is 4.79. The third kappa shape index (κ3) is 3.52. The van der Waals surface area contributed by atoms with Crippen LogP contribution in [0.5, 0.6) is 0 Å². The molecule has 21 heavy (non-hydrogen) atoms. The van der Waals surface area contributed by atoms with Gasteiger partial charge in [0.05, 0.1) is 0 Å². The second kappa shape index (κ2) is 6.57. The van der Waals surface area contributed by atoms with E-state index in [0.717, 1.165) is 17.7 Å². The topological polar surface area (TPSA) is 29.1 Å². The van der Waals surface area contributed by atoms with Crippen LogP contribution in [0, 0.1) is 13.8 Å². The van der Waals surface area contributed by atoms with Gasteiger partial charge < -0.3 is 5.32 Å². The van der Waals surface area contributed by atoms with Crippen molar-refractivity contribution in [1.82, 2.24) is 0 Å². The van der Waals surface area contributed by atoms with Crippen molar-refractivity contribution < 1.29 is 4.79 Å². The normalized spacial score (nSPS) is 12.0. The van der Waals surface area contributed by atoms with Gasteiger partial charge in [-0.15, -0.1) is 0 Å². The van der Waals surface area contributed by atoms with Gasteiger partial charge in [0.1, 0.15) is 0 Å². The number of nitrogens with one attached hydrogen (secondary N) is 1. The van der Waals surface area contributed by atoms with Crippen LogP contribution >= 0.6 is 0 Å². The molecule has 0 heterocycles. The van der Waals surface area contributed by atoms with Crippen LogP contribution in [-0.2, 0) is 0 Å². The first-order valence-corrected chi connectivity index (χ1v) is 7.50. The third-order valence-electron chi connectivity index (χ3n) is 4.12. The molecule has 0 fully saturated rings. The van der Waals surface area contributed by atoms with Crippen molar-refractivity contribution in [2.45, 2.75) is 40.0 Å². The van der Waals surface area contributed by atoms with Gasteiger partial charge in [0, 0.05) is 11.3 Å². The van der Waals surface area contributed by atoms with Crippen LogP contribution in [0.3, 0.4) is 0 Å². The van der Waals surface area contributed by atoms with Gasteiger partial charge in [0.25, 0.3) is 5.91 Å². The van der Waals surface area contributed by atoms with Gasteiger partial charge in [-0.3, -0.25) is 4.79 Å². The summed E-state index contributed by atoms with van der Waals surface area (Å²) in [5.41, 5.74) is 5.15. The average Bonchev–Trinajstić information content (AvgIpc) is 2.49. The van der Waals surface area contributed by atoms with Crippen molar-refractivity contribution in [3.05, 3.63) is 64.7 Å². The van der Waals surface area contributed by atoms with Crippen LogP contribution in [0.1, 0.15) is 53.2 Å². The molecule has 0 aliphatic carbocycles. The highest BCUT2D eigenvalue weighted by molar-refractivity contribution is 6.04. The molecule has 2 nitrogen and oxygen atoms in total. The van der Waals surface area contributed by atoms with E-state index in [4.69, 9.17) is 0 Å². The summed E-state index contributed by atoms with van der Waals surface area (Å²) in [7, 11) is 0. The lowest BCUT2D eigenvalue weighted by Gasteiger charge is -2.16. The fourth-order valence-electron chi connectivity index (χ4n) is 2.34. The number of anilines is 1. The quantitative estimate of drug-likeness (QED) is 0.833. The van der Waals surface area contributed by atoms with Gasteiger partial charge in [-0.05, 0) is 61.1 Å². The Hall–Kier alpha value is -2.09. The summed E-state index contributed by atoms with van der Waals surface area (Å²) in [6.45, 7) is 8.42. The minimum absolute atomic E-state index is 0.0474. The Morgan fingerprint density at radius 2 is 1.81 bits per heavy atom. The van der Waals surface area contributed by atoms with Crippen LogP contribution < -0.4 is 5.32 Å². The zero-order valence-corrected chi connectivity index (χ0v) is 13.2. The Morgan fingerprint density at radius 3 is 2.48 bits per heavy atom. The van der Waals surface area contributed by atoms with E-state index in [1.807, 2.05) is 43.3 Å². The number of hydrogen-bond donors (Lipinski definition) is 1. The summed E-state index contributed by atoms with van der Waals surface area (Å²) in [4.78, 5) is 12.4. The third-order valence-corrected chi connectivity index (χ3v) is 4.12. The number of para-hydroxylation sites is 1. The Bertz CT molecular complexity index is 646. The Labute approximate surface area is 127 Å². The van der Waals surface area contributed by atoms with E-state index < -0.39 is 0 Å². The lowest BCUT2D eigenvalue weighted by molar-refractivity contribution is 0.102. The minimum Gasteiger partial charge on any atom is -0.322 e. The standard InChI is InChI=1S/C19H23NO/c1-5-13(2)17-8-6-7-9-18(17)20-19(21)16-11-10-14(3)15(4)12-16/h6-13H,5H2,1-4H3,(H,20,21). The lowest BCUT2D eigenvalue weighted by atomic mass is 9.96. The molecule has 1 atom stereocenters. The highest BCUT2D eigenvalue weighted by atomic mass is 16.1. The van der Waals surface area contributed by atoms with Crippen LogP contribution in [0.4, 0.5) is 5.69 Å². The van der Waals surface area contributed by atoms with Crippen LogP contribution in [0.15, 0.2) is 42.5 Å². The van der Waals surface area contributed by atoms with Crippen LogP contribution in [-0.4, -0.2) is 5.91 Å². The SMILES string of the molecule is CCC(C)c1ccccc1NC(=O)c1ccc(C)c(C)c1. The molecule has 0 saturated carbocycles. The van der Waals surface area contributed by atoms with Gasteiger partial charge in [0.15, 0.2) is 0 Å². The maximum absolute atomic E-state index is 12.4. The molecule has 1 unspecified atom stereocenters. The lowest BCUT2D eigenvalue weighted by Crippen LogP contribution is -2.14. The molecular weight excluding hydrogens is 258 g/mol. The molecule has 0 bridgehead atoms. The number of carbonyl (C=O) groups excluding carboxylic acids is 1. The number of hydrogen-bond acceptors (Lipinski definition) is 1. The summed E-state index contributed by atoms with van der Waals surface area (Å²) >= 11 is 0. The summed E-state index contributed by atoms with van der Waals surface area (Å²) in [5.74, 6) is 0.384. The number of rotatable bonds is 4. The second-order valence-corrected chi connectivity index (χ2v) is 5.65. The van der Waals surface area contributed by atoms with Crippen molar-refractivity contribution in [2.75, 3.05) is 5.32 Å². The Morgan fingerprint density at radius 1 is 1.10 bits per heavy atom. The molecule has 2 aromatic rings. The van der Waals surface area contributed by atoms with Gasteiger partial charge in [-0.1, -0.05) is 38.1 Å². The zero-order chi connectivity index (χ0) is 15.4. The van der Waals surface area contributed by atoms with Crippen molar-refractivity contribution in [2.24, 2.45) is 0 Å². The predicted molar refractivity (Wildman–Crippen MR) is 89.0 cm³/mol. The second-order valence-electron chi connectivity index (χ2n) is 5.65. The van der Waals surface area contributed by atoms with Crippen molar-refractivity contribution in [3.63, 3.8) is 0 Å². The molecule has 0 aliphatic heterocycles. The minimum atomic E-state index is -0.0474. The molecule has 0 aromatic heterocycles. The number of benzene rings is 2. The maximum atomic E-state index is 12.4. The van der Waals surface area contributed by atoms with Crippen LogP contribution in [0.2, 0.25) is 0 Å². The van der Waals surface area contributed by atoms with E-state index in [0.29, 0.717) is 11.5 Å². The maximum Gasteiger partial charge on any atom is 0.255 e. The Balaban J connectivity index is 2.25. The van der Waals surface area contributed by atoms with E-state index in [1.54, 1.807) is 0 Å². The number of aryl methyl sites for hydroxylation is 2. The van der Waals surface area contributed by atoms with E-state index in [2.05, 4.69) is 32.2 Å². The monoisotopic (exact) mass is 281 g/mol. The fourth-order valence-corrected chi connectivity index (χ4v) is 2.34. The van der Waals surface area contributed by atoms with Crippen molar-refractivity contribution in [3.8, 4) is 0 Å². The molecule has 2 aromatic carbocycles. The predicted octanol–water partition coefficient (Wildman–Crippen LogP) is 5.07. The molecule has 1 N–H and O–H groups in total. The molecule has 2 rings (SSSR count). The van der Waals surface area contributed by atoms with Crippen molar-refractivity contribution >= 4 is 11.6 Å². The molecule has 1 amide bonds. The molecule has 0 aliphatic rings. The van der Waals surface area contributed by atoms with E-state index >= 15 is 0 Å². The molecule has 110 valence electrons. The van der Waals surface area contributed by atoms with Crippen LogP contribution in [0.25, 0.3) is 0 Å². The van der Waals surface area contributed by atoms with E-state index in [9.17, 15) is 4.79 Å². The first-order chi connectivity index (χ1) is 10.0. The average molecular weight is 281 g/mol. The van der Waals surface area contributed by atoms with Gasteiger partial charge >= 0.3 is 0 Å². The summed E-state index contributed by atoms with van der Waals surface area (Å²) < 4.78 is 0. The molecule has 0 saturated heterocycles. The van der Waals surface area contributed by atoms with E-state index in [1.165, 1.54) is 11.1 Å². The van der Waals surface area contributed by atoms with Gasteiger partial charge in [0.2, 0.25) is 0 Å². The summed E-state index contributed by atoms with van der Waals surface area (Å²) in [6, 6.07) is 13.9. The van der Waals surface area contributed by atoms with Crippen molar-refractivity contribution in [1.29, 1.82) is 0 Å². The highest BCUT2D eigenvalue weighted by Gasteiger charge is 2.12. The first-order valence-electron chi connectivity index (χ1n) is 7.50. The molecular formula is C19H23NO. The molecule has 0 spiro atoms. The number of amides is 1. The van der Waals surface area contributed by atoms with Gasteiger partial charge in [-0.25, -0.2) is 0 Å². The first kappa shape index (κ1) is 15.3. The molecule has 2 heteroatoms. The summed E-state index contributed by atoms with van der Waals surface area (Å²) in [5, 5.41) is 3.05. The van der Waals surface area contributed by atoms with E-state index in [-0.39, 0.29) is 5.91 Å². The largest absolute Gasteiger partial charge is 0.322 e. The molecule has 0 radical (unpaired) electrons. The number of carbonyl (C=O) groups is 1. The fraction of sp³-hybridized carbons (Fsp3) is 0.316. The smallest absolute Gasteiger partial charge is 0.255 e.